The van der Waals surface area contributed by atoms with Crippen LogP contribution in [0.1, 0.15) is 12.8 Å². The van der Waals surface area contributed by atoms with E-state index in [2.05, 4.69) is 35.5 Å². The summed E-state index contributed by atoms with van der Waals surface area (Å²) < 4.78 is 4.82. The first kappa shape index (κ1) is 12.1. The van der Waals surface area contributed by atoms with E-state index in [4.69, 9.17) is 9.84 Å². The first-order valence-corrected chi connectivity index (χ1v) is 4.71. The fraction of sp³-hybridized carbons (Fsp3) is 0.417. The van der Waals surface area contributed by atoms with Crippen molar-refractivity contribution in [2.75, 3.05) is 6.61 Å². The summed E-state index contributed by atoms with van der Waals surface area (Å²) in [6, 6.07) is 0. The summed E-state index contributed by atoms with van der Waals surface area (Å²) in [7, 11) is 0. The van der Waals surface area contributed by atoms with E-state index in [0.717, 1.165) is 0 Å². The second kappa shape index (κ2) is 6.53. The summed E-state index contributed by atoms with van der Waals surface area (Å²) in [5, 5.41) is 17.8. The van der Waals surface area contributed by atoms with Crippen LogP contribution in [0.15, 0.2) is 0 Å². The summed E-state index contributed by atoms with van der Waals surface area (Å²) in [5.74, 6) is 14.0. The van der Waals surface area contributed by atoms with E-state index in [1.807, 2.05) is 0 Å². The van der Waals surface area contributed by atoms with Gasteiger partial charge in [0.1, 0.15) is 12.7 Å². The normalized spacial score (nSPS) is 19.1. The zero-order valence-corrected chi connectivity index (χ0v) is 8.49. The summed E-state index contributed by atoms with van der Waals surface area (Å²) in [6.45, 7) is -0.247. The molecule has 1 saturated heterocycles. The molecule has 1 aliphatic heterocycles. The predicted molar refractivity (Wildman–Crippen MR) is 55.5 cm³/mol. The van der Waals surface area contributed by atoms with Gasteiger partial charge in [-0.1, -0.05) is 11.8 Å². The first-order chi connectivity index (χ1) is 7.74. The summed E-state index contributed by atoms with van der Waals surface area (Å²) in [6.07, 6.45) is -0.763. The Kier molecular flexibility index (Phi) is 4.96. The van der Waals surface area contributed by atoms with Crippen LogP contribution >= 0.6 is 0 Å². The molecule has 1 fully saturated rings. The lowest BCUT2D eigenvalue weighted by Gasteiger charge is -2.09. The Morgan fingerprint density at radius 3 is 2.75 bits per heavy atom. The van der Waals surface area contributed by atoms with Crippen molar-refractivity contribution in [1.82, 2.24) is 0 Å². The van der Waals surface area contributed by atoms with Crippen molar-refractivity contribution in [1.29, 1.82) is 0 Å². The largest absolute Gasteiger partial charge is 0.458 e. The van der Waals surface area contributed by atoms with Gasteiger partial charge < -0.3 is 14.9 Å². The summed E-state index contributed by atoms with van der Waals surface area (Å²) in [4.78, 5) is 10.8. The van der Waals surface area contributed by atoms with Crippen molar-refractivity contribution in [3.05, 3.63) is 0 Å². The molecule has 0 saturated carbocycles. The van der Waals surface area contributed by atoms with E-state index >= 15 is 0 Å². The lowest BCUT2D eigenvalue weighted by atomic mass is 10.1. The molecule has 0 aromatic carbocycles. The molecule has 0 aromatic heterocycles. The maximum Gasteiger partial charge on any atom is 0.306 e. The van der Waals surface area contributed by atoms with Crippen LogP contribution in [0.3, 0.4) is 0 Å². The average molecular weight is 218 g/mol. The number of cyclic esters (lactones) is 1. The third-order valence-electron chi connectivity index (χ3n) is 1.84. The standard InChI is InChI=1S/C12H10O4/c13-9-5-3-1-2-4-6-10(14)11-7-8-12(15)16-11/h10-11,13-14H,7-9H2/t10?,11-/m0/s1. The van der Waals surface area contributed by atoms with E-state index < -0.39 is 12.2 Å². The van der Waals surface area contributed by atoms with Crippen molar-refractivity contribution < 1.29 is 19.7 Å². The highest BCUT2D eigenvalue weighted by atomic mass is 16.6. The van der Waals surface area contributed by atoms with Gasteiger partial charge in [0, 0.05) is 6.42 Å². The first-order valence-electron chi connectivity index (χ1n) is 4.71. The molecule has 0 aliphatic carbocycles. The molecule has 0 radical (unpaired) electrons. The Balaban J connectivity index is 2.44. The van der Waals surface area contributed by atoms with Crippen molar-refractivity contribution in [2.24, 2.45) is 0 Å². The molecular weight excluding hydrogens is 208 g/mol. The third kappa shape index (κ3) is 4.07. The van der Waals surface area contributed by atoms with Gasteiger partial charge in [-0.2, -0.15) is 0 Å². The fourth-order valence-electron chi connectivity index (χ4n) is 1.12. The van der Waals surface area contributed by atoms with Crippen LogP contribution in [-0.2, 0) is 9.53 Å². The van der Waals surface area contributed by atoms with E-state index in [1.165, 1.54) is 0 Å². The highest BCUT2D eigenvalue weighted by molar-refractivity contribution is 5.71. The van der Waals surface area contributed by atoms with Crippen LogP contribution in [-0.4, -0.2) is 35.0 Å². The topological polar surface area (TPSA) is 66.8 Å². The molecule has 4 heteroatoms. The number of ether oxygens (including phenoxy) is 1. The van der Waals surface area contributed by atoms with Crippen molar-refractivity contribution in [3.63, 3.8) is 0 Å². The molecule has 0 amide bonds. The van der Waals surface area contributed by atoms with Crippen LogP contribution in [0, 0.1) is 35.5 Å². The van der Waals surface area contributed by atoms with Gasteiger partial charge in [0.15, 0.2) is 6.10 Å². The molecule has 4 nitrogen and oxygen atoms in total. The molecule has 2 atom stereocenters. The molecular formula is C12H10O4. The van der Waals surface area contributed by atoms with Gasteiger partial charge >= 0.3 is 5.97 Å². The Hall–Kier alpha value is -1.93. The van der Waals surface area contributed by atoms with Crippen LogP contribution in [0.4, 0.5) is 0 Å². The minimum atomic E-state index is -1.01. The predicted octanol–water partition coefficient (Wildman–Crippen LogP) is -0.945. The molecule has 1 unspecified atom stereocenters. The summed E-state index contributed by atoms with van der Waals surface area (Å²) in [5.41, 5.74) is 0. The Morgan fingerprint density at radius 2 is 2.12 bits per heavy atom. The molecule has 82 valence electrons. The number of carbonyl (C=O) groups is 1. The van der Waals surface area contributed by atoms with Crippen LogP contribution in [0.5, 0.6) is 0 Å². The molecule has 0 aromatic rings. The van der Waals surface area contributed by atoms with Crippen molar-refractivity contribution in [3.8, 4) is 35.5 Å². The molecule has 2 N–H and O–H groups in total. The number of hydrogen-bond donors (Lipinski definition) is 2. The monoisotopic (exact) mass is 218 g/mol. The average Bonchev–Trinajstić information content (AvgIpc) is 2.70. The zero-order chi connectivity index (χ0) is 11.8. The summed E-state index contributed by atoms with van der Waals surface area (Å²) >= 11 is 0. The van der Waals surface area contributed by atoms with Gasteiger partial charge in [0.2, 0.25) is 0 Å². The van der Waals surface area contributed by atoms with Gasteiger partial charge in [-0.25, -0.2) is 0 Å². The van der Waals surface area contributed by atoms with Gasteiger partial charge in [-0.05, 0) is 30.1 Å². The molecule has 1 rings (SSSR count). The van der Waals surface area contributed by atoms with Crippen molar-refractivity contribution >= 4 is 5.97 Å². The van der Waals surface area contributed by atoms with Crippen LogP contribution < -0.4 is 0 Å². The van der Waals surface area contributed by atoms with Crippen LogP contribution in [0.25, 0.3) is 0 Å². The number of hydrogen-bond acceptors (Lipinski definition) is 4. The SMILES string of the molecule is O=C1CC[C@@H](C(O)C#CC#CC#CCO)O1. The number of aliphatic hydroxyl groups excluding tert-OH is 2. The third-order valence-corrected chi connectivity index (χ3v) is 1.84. The van der Waals surface area contributed by atoms with Gasteiger partial charge in [0.25, 0.3) is 0 Å². The second-order valence-corrected chi connectivity index (χ2v) is 2.99. The lowest BCUT2D eigenvalue weighted by molar-refractivity contribution is -0.143. The Bertz CT molecular complexity index is 433. The molecule has 16 heavy (non-hydrogen) atoms. The number of aliphatic hydroxyl groups is 2. The zero-order valence-electron chi connectivity index (χ0n) is 8.49. The smallest absolute Gasteiger partial charge is 0.306 e. The fourth-order valence-corrected chi connectivity index (χ4v) is 1.12. The quantitative estimate of drug-likeness (QED) is 0.440. The maximum atomic E-state index is 10.8. The second-order valence-electron chi connectivity index (χ2n) is 2.99. The minimum Gasteiger partial charge on any atom is -0.458 e. The number of rotatable bonds is 1. The van der Waals surface area contributed by atoms with Crippen molar-refractivity contribution in [2.45, 2.75) is 25.0 Å². The molecule has 0 bridgehead atoms. The van der Waals surface area contributed by atoms with Gasteiger partial charge in [-0.3, -0.25) is 4.79 Å². The van der Waals surface area contributed by atoms with E-state index in [9.17, 15) is 9.90 Å². The minimum absolute atomic E-state index is 0.247. The highest BCUT2D eigenvalue weighted by Crippen LogP contribution is 2.16. The lowest BCUT2D eigenvalue weighted by Crippen LogP contribution is -2.23. The highest BCUT2D eigenvalue weighted by Gasteiger charge is 2.28. The number of carbonyl (C=O) groups excluding carboxylic acids is 1. The van der Waals surface area contributed by atoms with Crippen LogP contribution in [0.2, 0.25) is 0 Å². The van der Waals surface area contributed by atoms with E-state index in [1.54, 1.807) is 0 Å². The molecule has 1 aliphatic rings. The number of esters is 1. The van der Waals surface area contributed by atoms with E-state index in [-0.39, 0.29) is 12.6 Å². The van der Waals surface area contributed by atoms with Gasteiger partial charge in [0.05, 0.1) is 0 Å². The maximum absolute atomic E-state index is 10.8. The molecule has 1 heterocycles. The Morgan fingerprint density at radius 1 is 1.38 bits per heavy atom. The van der Waals surface area contributed by atoms with Gasteiger partial charge in [-0.15, -0.1) is 0 Å². The Labute approximate surface area is 93.6 Å². The molecule has 0 spiro atoms. The van der Waals surface area contributed by atoms with E-state index in [0.29, 0.717) is 12.8 Å².